The van der Waals surface area contributed by atoms with E-state index in [9.17, 15) is 13.2 Å². The molecule has 3 N–H and O–H groups in total. The van der Waals surface area contributed by atoms with Crippen molar-refractivity contribution in [3.05, 3.63) is 4.88 Å². The Labute approximate surface area is 128 Å². The van der Waals surface area contributed by atoms with E-state index in [-0.39, 0.29) is 28.3 Å². The standard InChI is InChI=1S/C13H20N2O4S2/c1-7(6-19-2)15-13-12(21(3,17)18)9(14)11(20-13)10(16)8-4-5-8/h7-8,15H,4-6,14H2,1-3H3. The van der Waals surface area contributed by atoms with E-state index in [1.807, 2.05) is 6.92 Å². The average Bonchev–Trinajstić information content (AvgIpc) is 3.13. The number of sulfone groups is 1. The number of methoxy groups -OCH3 is 1. The minimum absolute atomic E-state index is 0.00242. The van der Waals surface area contributed by atoms with Gasteiger partial charge in [-0.25, -0.2) is 8.42 Å². The van der Waals surface area contributed by atoms with Gasteiger partial charge < -0.3 is 15.8 Å². The van der Waals surface area contributed by atoms with Crippen LogP contribution in [-0.2, 0) is 14.6 Å². The van der Waals surface area contributed by atoms with Crippen LogP contribution < -0.4 is 11.1 Å². The third-order valence-corrected chi connectivity index (χ3v) is 5.68. The summed E-state index contributed by atoms with van der Waals surface area (Å²) < 4.78 is 29.0. The van der Waals surface area contributed by atoms with Crippen LogP contribution in [0.25, 0.3) is 0 Å². The molecule has 1 aliphatic carbocycles. The number of nitrogens with one attached hydrogen (secondary N) is 1. The Bertz CT molecular complexity index is 647. The molecule has 118 valence electrons. The molecule has 0 aromatic carbocycles. The van der Waals surface area contributed by atoms with Gasteiger partial charge in [-0.1, -0.05) is 0 Å². The van der Waals surface area contributed by atoms with Gasteiger partial charge in [-0.05, 0) is 19.8 Å². The number of ether oxygens (including phenoxy) is 1. The first-order chi connectivity index (χ1) is 9.75. The lowest BCUT2D eigenvalue weighted by Crippen LogP contribution is -2.21. The van der Waals surface area contributed by atoms with Crippen molar-refractivity contribution >= 4 is 37.6 Å². The number of anilines is 2. The molecule has 21 heavy (non-hydrogen) atoms. The zero-order valence-electron chi connectivity index (χ0n) is 12.3. The SMILES string of the molecule is COCC(C)Nc1sc(C(=O)C2CC2)c(N)c1S(C)(=O)=O. The minimum atomic E-state index is -3.51. The highest BCUT2D eigenvalue weighted by molar-refractivity contribution is 7.91. The molecule has 0 radical (unpaired) electrons. The summed E-state index contributed by atoms with van der Waals surface area (Å²) in [5.41, 5.74) is 6.02. The summed E-state index contributed by atoms with van der Waals surface area (Å²) >= 11 is 1.12. The Morgan fingerprint density at radius 2 is 2.14 bits per heavy atom. The van der Waals surface area contributed by atoms with Crippen molar-refractivity contribution in [1.82, 2.24) is 0 Å². The first-order valence-corrected chi connectivity index (χ1v) is 9.38. The van der Waals surface area contributed by atoms with E-state index in [0.717, 1.165) is 30.4 Å². The second-order valence-corrected chi connectivity index (χ2v) is 8.39. The molecule has 1 atom stereocenters. The number of hydrogen-bond donors (Lipinski definition) is 2. The van der Waals surface area contributed by atoms with Gasteiger partial charge >= 0.3 is 0 Å². The molecule has 1 heterocycles. The topological polar surface area (TPSA) is 98.5 Å². The predicted molar refractivity (Wildman–Crippen MR) is 83.9 cm³/mol. The molecular weight excluding hydrogens is 312 g/mol. The zero-order valence-corrected chi connectivity index (χ0v) is 13.9. The van der Waals surface area contributed by atoms with Gasteiger partial charge in [0.15, 0.2) is 15.6 Å². The third kappa shape index (κ3) is 3.56. The minimum Gasteiger partial charge on any atom is -0.396 e. The fourth-order valence-electron chi connectivity index (χ4n) is 2.12. The lowest BCUT2D eigenvalue weighted by atomic mass is 10.2. The number of nitrogen functional groups attached to an aromatic ring is 1. The summed E-state index contributed by atoms with van der Waals surface area (Å²) in [7, 11) is -1.94. The van der Waals surface area contributed by atoms with Crippen LogP contribution in [0.3, 0.4) is 0 Å². The lowest BCUT2D eigenvalue weighted by Gasteiger charge is -2.13. The molecule has 0 amide bonds. The van der Waals surface area contributed by atoms with E-state index in [2.05, 4.69) is 5.32 Å². The normalized spacial score (nSPS) is 16.7. The highest BCUT2D eigenvalue weighted by Gasteiger charge is 2.35. The molecular formula is C13H20N2O4S2. The van der Waals surface area contributed by atoms with Gasteiger partial charge in [-0.15, -0.1) is 11.3 Å². The Morgan fingerprint density at radius 1 is 1.52 bits per heavy atom. The van der Waals surface area contributed by atoms with Crippen LogP contribution in [0.5, 0.6) is 0 Å². The number of thiophene rings is 1. The Kier molecular flexibility index (Phi) is 4.60. The van der Waals surface area contributed by atoms with Crippen molar-refractivity contribution in [1.29, 1.82) is 0 Å². The molecule has 0 saturated heterocycles. The largest absolute Gasteiger partial charge is 0.396 e. The number of carbonyl (C=O) groups excluding carboxylic acids is 1. The number of rotatable bonds is 7. The van der Waals surface area contributed by atoms with Crippen LogP contribution >= 0.6 is 11.3 Å². The van der Waals surface area contributed by atoms with E-state index in [1.165, 1.54) is 0 Å². The van der Waals surface area contributed by atoms with E-state index >= 15 is 0 Å². The third-order valence-electron chi connectivity index (χ3n) is 3.24. The van der Waals surface area contributed by atoms with Crippen molar-refractivity contribution in [3.63, 3.8) is 0 Å². The maximum Gasteiger partial charge on any atom is 0.180 e. The van der Waals surface area contributed by atoms with E-state index in [0.29, 0.717) is 16.5 Å². The maximum absolute atomic E-state index is 12.2. The van der Waals surface area contributed by atoms with Crippen LogP contribution in [0, 0.1) is 5.92 Å². The molecule has 8 heteroatoms. The molecule has 2 rings (SSSR count). The predicted octanol–water partition coefficient (Wildman–Crippen LogP) is 1.77. The molecule has 1 aromatic heterocycles. The second-order valence-electron chi connectivity index (χ2n) is 5.41. The highest BCUT2D eigenvalue weighted by atomic mass is 32.2. The number of hydrogen-bond acceptors (Lipinski definition) is 7. The first kappa shape index (κ1) is 16.3. The van der Waals surface area contributed by atoms with Gasteiger partial charge in [-0.2, -0.15) is 0 Å². The number of nitrogens with two attached hydrogens (primary N) is 1. The molecule has 1 unspecified atom stereocenters. The summed E-state index contributed by atoms with van der Waals surface area (Å²) in [4.78, 5) is 12.6. The molecule has 1 fully saturated rings. The average molecular weight is 332 g/mol. The van der Waals surface area contributed by atoms with E-state index in [1.54, 1.807) is 7.11 Å². The van der Waals surface area contributed by atoms with Crippen LogP contribution in [0.1, 0.15) is 29.4 Å². The Balaban J connectivity index is 2.42. The van der Waals surface area contributed by atoms with Crippen LogP contribution in [0.4, 0.5) is 10.7 Å². The Morgan fingerprint density at radius 3 is 2.62 bits per heavy atom. The molecule has 0 spiro atoms. The lowest BCUT2D eigenvalue weighted by molar-refractivity contribution is 0.0972. The number of Topliss-reactive ketones (excluding diaryl/α,β-unsaturated/α-hetero) is 1. The molecule has 6 nitrogen and oxygen atoms in total. The molecule has 1 aromatic rings. The van der Waals surface area contributed by atoms with Gasteiger partial charge in [0.05, 0.1) is 17.2 Å². The quantitative estimate of drug-likeness (QED) is 0.738. The maximum atomic E-state index is 12.2. The van der Waals surface area contributed by atoms with Crippen molar-refractivity contribution in [2.75, 3.05) is 31.0 Å². The zero-order chi connectivity index (χ0) is 15.8. The van der Waals surface area contributed by atoms with Crippen molar-refractivity contribution in [3.8, 4) is 0 Å². The summed E-state index contributed by atoms with van der Waals surface area (Å²) in [6.07, 6.45) is 2.81. The fourth-order valence-corrected chi connectivity index (χ4v) is 4.81. The summed E-state index contributed by atoms with van der Waals surface area (Å²) in [6.45, 7) is 2.29. The van der Waals surface area contributed by atoms with Gasteiger partial charge in [0.1, 0.15) is 9.90 Å². The van der Waals surface area contributed by atoms with Gasteiger partial charge in [0.25, 0.3) is 0 Å². The second kappa shape index (κ2) is 5.94. The Hall–Kier alpha value is -1.12. The molecule has 1 saturated carbocycles. The summed E-state index contributed by atoms with van der Waals surface area (Å²) in [5, 5.41) is 3.50. The van der Waals surface area contributed by atoms with Crippen LogP contribution in [-0.4, -0.2) is 40.2 Å². The van der Waals surface area contributed by atoms with Gasteiger partial charge in [0, 0.05) is 25.3 Å². The fraction of sp³-hybridized carbons (Fsp3) is 0.615. The van der Waals surface area contributed by atoms with Gasteiger partial charge in [0.2, 0.25) is 0 Å². The summed E-state index contributed by atoms with van der Waals surface area (Å²) in [5.74, 6) is -0.0440. The van der Waals surface area contributed by atoms with Crippen LogP contribution in [0.2, 0.25) is 0 Å². The smallest absolute Gasteiger partial charge is 0.180 e. The molecule has 1 aliphatic rings. The molecule has 0 aliphatic heterocycles. The monoisotopic (exact) mass is 332 g/mol. The molecule has 0 bridgehead atoms. The van der Waals surface area contributed by atoms with E-state index in [4.69, 9.17) is 10.5 Å². The number of carbonyl (C=O) groups is 1. The van der Waals surface area contributed by atoms with Crippen molar-refractivity contribution in [2.24, 2.45) is 5.92 Å². The van der Waals surface area contributed by atoms with Crippen molar-refractivity contribution < 1.29 is 17.9 Å². The summed E-state index contributed by atoms with van der Waals surface area (Å²) in [6, 6.07) is -0.0857. The highest BCUT2D eigenvalue weighted by Crippen LogP contribution is 2.43. The number of ketones is 1. The van der Waals surface area contributed by atoms with Gasteiger partial charge in [-0.3, -0.25) is 4.79 Å². The first-order valence-electron chi connectivity index (χ1n) is 6.67. The van der Waals surface area contributed by atoms with E-state index < -0.39 is 9.84 Å². The van der Waals surface area contributed by atoms with Crippen LogP contribution in [0.15, 0.2) is 4.90 Å². The van der Waals surface area contributed by atoms with Crippen molar-refractivity contribution in [2.45, 2.75) is 30.7 Å².